The first-order valence-electron chi connectivity index (χ1n) is 10.0. The number of hydrogen-bond donors (Lipinski definition) is 1. The number of hydrazone groups is 1. The molecule has 1 saturated heterocycles. The summed E-state index contributed by atoms with van der Waals surface area (Å²) in [7, 11) is 0. The van der Waals surface area contributed by atoms with Gasteiger partial charge in [-0.15, -0.1) is 0 Å². The first kappa shape index (κ1) is 21.3. The first-order chi connectivity index (χ1) is 14.0. The molecule has 5 nitrogen and oxygen atoms in total. The Balaban J connectivity index is 1.82. The van der Waals surface area contributed by atoms with Gasteiger partial charge in [0, 0.05) is 35.9 Å². The topological polar surface area (TPSA) is 53.9 Å². The highest BCUT2D eigenvalue weighted by Crippen LogP contribution is 2.35. The predicted octanol–water partition coefficient (Wildman–Crippen LogP) is 4.56. The third-order valence-corrected chi connectivity index (χ3v) is 5.22. The van der Waals surface area contributed by atoms with Crippen molar-refractivity contribution in [3.8, 4) is 0 Å². The summed E-state index contributed by atoms with van der Waals surface area (Å²) in [5, 5.41) is 5.16. The molecule has 0 saturated carbocycles. The molecule has 1 aliphatic carbocycles. The first-order valence-corrected chi connectivity index (χ1v) is 10.4. The number of allylic oxidation sites excluding steroid dienone is 4. The van der Waals surface area contributed by atoms with Gasteiger partial charge >= 0.3 is 0 Å². The molecule has 6 heteroatoms. The quantitative estimate of drug-likeness (QED) is 0.525. The van der Waals surface area contributed by atoms with E-state index in [2.05, 4.69) is 21.5 Å². The Kier molecular flexibility index (Phi) is 7.67. The molecule has 1 aromatic rings. The normalized spacial score (nSPS) is 19.5. The lowest BCUT2D eigenvalue weighted by molar-refractivity contribution is -0.116. The van der Waals surface area contributed by atoms with Crippen molar-refractivity contribution in [2.75, 3.05) is 26.3 Å². The predicted molar refractivity (Wildman–Crippen MR) is 119 cm³/mol. The van der Waals surface area contributed by atoms with E-state index in [1.54, 1.807) is 6.92 Å². The number of Topliss-reactive ketones (excluding diaryl/α,β-unsaturated/α-hetero) is 1. The van der Waals surface area contributed by atoms with Crippen molar-refractivity contribution < 1.29 is 9.53 Å². The minimum Gasteiger partial charge on any atom is -0.378 e. The van der Waals surface area contributed by atoms with Gasteiger partial charge in [-0.05, 0) is 61.6 Å². The highest BCUT2D eigenvalue weighted by atomic mass is 35.5. The second-order valence-electron chi connectivity index (χ2n) is 7.36. The molecule has 0 amide bonds. The molecule has 154 valence electrons. The van der Waals surface area contributed by atoms with Crippen molar-refractivity contribution in [3.63, 3.8) is 0 Å². The van der Waals surface area contributed by atoms with Crippen LogP contribution in [0.3, 0.4) is 0 Å². The average molecular weight is 414 g/mol. The van der Waals surface area contributed by atoms with Gasteiger partial charge in [-0.3, -0.25) is 10.2 Å². The van der Waals surface area contributed by atoms with E-state index in [4.69, 9.17) is 16.3 Å². The van der Waals surface area contributed by atoms with Gasteiger partial charge in [-0.1, -0.05) is 29.8 Å². The van der Waals surface area contributed by atoms with E-state index in [0.717, 1.165) is 55.4 Å². The minimum absolute atomic E-state index is 0.139. The van der Waals surface area contributed by atoms with E-state index in [1.807, 2.05) is 43.5 Å². The van der Waals surface area contributed by atoms with E-state index in [-0.39, 0.29) is 5.78 Å². The van der Waals surface area contributed by atoms with Gasteiger partial charge in [-0.2, -0.15) is 5.10 Å². The summed E-state index contributed by atoms with van der Waals surface area (Å²) in [5.41, 5.74) is 8.85. The monoisotopic (exact) mass is 413 g/mol. The summed E-state index contributed by atoms with van der Waals surface area (Å²) in [4.78, 5) is 13.5. The maximum atomic E-state index is 11.1. The average Bonchev–Trinajstić information content (AvgIpc) is 3.11. The highest BCUT2D eigenvalue weighted by molar-refractivity contribution is 6.30. The molecule has 1 aromatic carbocycles. The van der Waals surface area contributed by atoms with Crippen LogP contribution >= 0.6 is 11.6 Å². The van der Waals surface area contributed by atoms with Crippen LogP contribution in [0.1, 0.15) is 38.7 Å². The van der Waals surface area contributed by atoms with Crippen LogP contribution in [0.15, 0.2) is 58.0 Å². The summed E-state index contributed by atoms with van der Waals surface area (Å²) in [6.07, 6.45) is 8.37. The zero-order chi connectivity index (χ0) is 20.6. The number of ketones is 1. The number of rotatable bonds is 7. The molecule has 1 heterocycles. The van der Waals surface area contributed by atoms with Crippen LogP contribution < -0.4 is 5.43 Å². The van der Waals surface area contributed by atoms with E-state index in [0.29, 0.717) is 6.42 Å². The van der Waals surface area contributed by atoms with Crippen LogP contribution in [0.2, 0.25) is 5.02 Å². The van der Waals surface area contributed by atoms with Crippen molar-refractivity contribution in [2.45, 2.75) is 33.1 Å². The number of halogens is 1. The maximum absolute atomic E-state index is 11.1. The SMILES string of the molecule is CC(=O)C/C=C(/C)N/N=C\C1=C(N2CCOCC2)C(=C/c2ccc(Cl)cc2)/CC1. The van der Waals surface area contributed by atoms with E-state index in [1.165, 1.54) is 16.8 Å². The second kappa shape index (κ2) is 10.4. The van der Waals surface area contributed by atoms with Crippen molar-refractivity contribution in [3.05, 3.63) is 63.5 Å². The van der Waals surface area contributed by atoms with Gasteiger partial charge in [0.15, 0.2) is 0 Å². The zero-order valence-electron chi connectivity index (χ0n) is 17.1. The molecule has 0 radical (unpaired) electrons. The van der Waals surface area contributed by atoms with Crippen molar-refractivity contribution >= 4 is 29.7 Å². The van der Waals surface area contributed by atoms with Gasteiger partial charge in [0.1, 0.15) is 5.78 Å². The van der Waals surface area contributed by atoms with Crippen LogP contribution in [0, 0.1) is 0 Å². The van der Waals surface area contributed by atoms with Gasteiger partial charge < -0.3 is 9.64 Å². The fourth-order valence-electron chi connectivity index (χ4n) is 3.49. The van der Waals surface area contributed by atoms with E-state index < -0.39 is 0 Å². The maximum Gasteiger partial charge on any atom is 0.133 e. The number of carbonyl (C=O) groups is 1. The highest BCUT2D eigenvalue weighted by Gasteiger charge is 2.25. The van der Waals surface area contributed by atoms with Crippen LogP contribution in [0.5, 0.6) is 0 Å². The number of hydrogen-bond acceptors (Lipinski definition) is 5. The van der Waals surface area contributed by atoms with Crippen LogP contribution in [-0.4, -0.2) is 43.2 Å². The molecule has 1 aliphatic heterocycles. The molecule has 1 fully saturated rings. The summed E-state index contributed by atoms with van der Waals surface area (Å²) in [6, 6.07) is 7.93. The lowest BCUT2D eigenvalue weighted by Gasteiger charge is -2.31. The zero-order valence-corrected chi connectivity index (χ0v) is 17.8. The van der Waals surface area contributed by atoms with Crippen molar-refractivity contribution in [1.82, 2.24) is 10.3 Å². The van der Waals surface area contributed by atoms with E-state index >= 15 is 0 Å². The Morgan fingerprint density at radius 1 is 1.21 bits per heavy atom. The smallest absolute Gasteiger partial charge is 0.133 e. The lowest BCUT2D eigenvalue weighted by atomic mass is 10.1. The summed E-state index contributed by atoms with van der Waals surface area (Å²) in [5.74, 6) is 0.139. The third kappa shape index (κ3) is 6.31. The fraction of sp³-hybridized carbons (Fsp3) is 0.391. The van der Waals surface area contributed by atoms with E-state index in [9.17, 15) is 4.79 Å². The molecule has 3 rings (SSSR count). The molecule has 0 aromatic heterocycles. The Hall–Kier alpha value is -2.37. The second-order valence-corrected chi connectivity index (χ2v) is 7.79. The summed E-state index contributed by atoms with van der Waals surface area (Å²) >= 11 is 6.02. The number of nitrogens with zero attached hydrogens (tertiary/aromatic N) is 2. The molecular weight excluding hydrogens is 386 g/mol. The lowest BCUT2D eigenvalue weighted by Crippen LogP contribution is -2.36. The third-order valence-electron chi connectivity index (χ3n) is 4.97. The van der Waals surface area contributed by atoms with Crippen molar-refractivity contribution in [2.24, 2.45) is 5.10 Å². The molecule has 0 atom stereocenters. The van der Waals surface area contributed by atoms with Gasteiger partial charge in [0.25, 0.3) is 0 Å². The molecule has 1 N–H and O–H groups in total. The standard InChI is InChI=1S/C23H28ClN3O2/c1-17(3-4-18(2)28)26-25-16-21-8-7-20(15-19-5-9-22(24)10-6-19)23(21)27-11-13-29-14-12-27/h3,5-6,9-10,15-16,26H,4,7-8,11-14H2,1-2H3/b17-3-,20-15+,25-16-. The summed E-state index contributed by atoms with van der Waals surface area (Å²) < 4.78 is 5.54. The minimum atomic E-state index is 0.139. The van der Waals surface area contributed by atoms with Crippen LogP contribution in [0.4, 0.5) is 0 Å². The van der Waals surface area contributed by atoms with Gasteiger partial charge in [0.2, 0.25) is 0 Å². The van der Waals surface area contributed by atoms with Crippen LogP contribution in [0.25, 0.3) is 6.08 Å². The van der Waals surface area contributed by atoms with Gasteiger partial charge in [-0.25, -0.2) is 0 Å². The Morgan fingerprint density at radius 3 is 2.62 bits per heavy atom. The Labute approximate surface area is 177 Å². The largest absolute Gasteiger partial charge is 0.378 e. The fourth-order valence-corrected chi connectivity index (χ4v) is 3.61. The number of ether oxygens (including phenoxy) is 1. The molecular formula is C23H28ClN3O2. The molecule has 0 bridgehead atoms. The summed E-state index contributed by atoms with van der Waals surface area (Å²) in [6.45, 7) is 6.75. The number of nitrogens with one attached hydrogen (secondary N) is 1. The number of benzene rings is 1. The van der Waals surface area contributed by atoms with Crippen LogP contribution in [-0.2, 0) is 9.53 Å². The Morgan fingerprint density at radius 2 is 1.93 bits per heavy atom. The number of carbonyl (C=O) groups excluding carboxylic acids is 1. The molecule has 29 heavy (non-hydrogen) atoms. The van der Waals surface area contributed by atoms with Gasteiger partial charge in [0.05, 0.1) is 19.4 Å². The van der Waals surface area contributed by atoms with Crippen molar-refractivity contribution in [1.29, 1.82) is 0 Å². The Bertz CT molecular complexity index is 847. The molecule has 0 unspecified atom stereocenters. The molecule has 2 aliphatic rings. The molecule has 0 spiro atoms. The number of morpholine rings is 1.